The van der Waals surface area contributed by atoms with Gasteiger partial charge in [0.05, 0.1) is 22.6 Å². The predicted molar refractivity (Wildman–Crippen MR) is 143 cm³/mol. The Bertz CT molecular complexity index is 1780. The molecule has 3 heterocycles. The number of carbonyl (C=O) groups is 1. The maximum absolute atomic E-state index is 14.7. The number of nitrogens with zero attached hydrogens (tertiary/aromatic N) is 4. The van der Waals surface area contributed by atoms with Crippen LogP contribution in [0.5, 0.6) is 5.88 Å². The molecule has 40 heavy (non-hydrogen) atoms. The standard InChI is InChI=1S/C28H20ClF3N6O2/c1-15-21(24(33)37(35-15)17-8-4-2-5-9-17)27(19-13-12-16(29)14-20(19)34-26(27)40)22-23(28(30,31)32)36-38(25(22)39)18-10-6-3-7-11-18/h2-14,39H,33H2,1H3,(H,34,40). The summed E-state index contributed by atoms with van der Waals surface area (Å²) < 4.78 is 46.3. The molecular weight excluding hydrogens is 545 g/mol. The number of benzene rings is 3. The number of fused-ring (bicyclic) bond motifs is 1. The largest absolute Gasteiger partial charge is 0.493 e. The number of anilines is 2. The molecule has 0 saturated heterocycles. The van der Waals surface area contributed by atoms with E-state index < -0.39 is 34.6 Å². The number of aryl methyl sites for hydroxylation is 1. The molecule has 0 spiro atoms. The quantitative estimate of drug-likeness (QED) is 0.263. The van der Waals surface area contributed by atoms with Gasteiger partial charge < -0.3 is 16.2 Å². The number of nitrogen functional groups attached to an aromatic ring is 1. The van der Waals surface area contributed by atoms with Crippen molar-refractivity contribution in [3.63, 3.8) is 0 Å². The fourth-order valence-electron chi connectivity index (χ4n) is 5.38. The van der Waals surface area contributed by atoms with Crippen LogP contribution < -0.4 is 11.1 Å². The summed E-state index contributed by atoms with van der Waals surface area (Å²) in [7, 11) is 0. The fraction of sp³-hybridized carbons (Fsp3) is 0.107. The highest BCUT2D eigenvalue weighted by atomic mass is 35.5. The van der Waals surface area contributed by atoms with E-state index in [0.717, 1.165) is 4.68 Å². The fourth-order valence-corrected chi connectivity index (χ4v) is 5.56. The zero-order valence-electron chi connectivity index (χ0n) is 20.7. The average Bonchev–Trinajstić information content (AvgIpc) is 3.53. The molecule has 0 fully saturated rings. The van der Waals surface area contributed by atoms with Gasteiger partial charge in [0.1, 0.15) is 11.2 Å². The van der Waals surface area contributed by atoms with E-state index in [1.807, 2.05) is 0 Å². The molecule has 0 bridgehead atoms. The van der Waals surface area contributed by atoms with Crippen LogP contribution in [0.4, 0.5) is 24.7 Å². The third-order valence-electron chi connectivity index (χ3n) is 6.95. The number of nitrogens with one attached hydrogen (secondary N) is 1. The van der Waals surface area contributed by atoms with E-state index in [1.54, 1.807) is 55.5 Å². The molecule has 6 rings (SSSR count). The molecule has 202 valence electrons. The van der Waals surface area contributed by atoms with Crippen molar-refractivity contribution in [3.8, 4) is 17.3 Å². The lowest BCUT2D eigenvalue weighted by Crippen LogP contribution is -2.39. The number of alkyl halides is 3. The Morgan fingerprint density at radius 1 is 0.925 bits per heavy atom. The summed E-state index contributed by atoms with van der Waals surface area (Å²) in [6, 6.07) is 20.8. The van der Waals surface area contributed by atoms with Crippen LogP contribution in [0.3, 0.4) is 0 Å². The van der Waals surface area contributed by atoms with E-state index in [0.29, 0.717) is 5.69 Å². The Balaban J connectivity index is 1.77. The van der Waals surface area contributed by atoms with Crippen LogP contribution in [0.1, 0.15) is 28.1 Å². The van der Waals surface area contributed by atoms with E-state index in [-0.39, 0.29) is 39.0 Å². The number of amides is 1. The molecule has 0 aliphatic carbocycles. The van der Waals surface area contributed by atoms with Gasteiger partial charge in [-0.2, -0.15) is 23.4 Å². The summed E-state index contributed by atoms with van der Waals surface area (Å²) in [5.41, 5.74) is 3.23. The first-order valence-electron chi connectivity index (χ1n) is 12.0. The first-order chi connectivity index (χ1) is 19.0. The van der Waals surface area contributed by atoms with E-state index in [2.05, 4.69) is 15.5 Å². The number of para-hydroxylation sites is 2. The SMILES string of the molecule is Cc1nn(-c2ccccc2)c(N)c1C1(c2c(C(F)(F)F)nn(-c3ccccc3)c2O)C(=O)Nc2cc(Cl)ccc21. The van der Waals surface area contributed by atoms with Gasteiger partial charge >= 0.3 is 6.18 Å². The molecule has 1 aliphatic rings. The minimum Gasteiger partial charge on any atom is -0.493 e. The number of nitrogens with two attached hydrogens (primary N) is 1. The van der Waals surface area contributed by atoms with Crippen LogP contribution in [0.2, 0.25) is 5.02 Å². The molecule has 1 unspecified atom stereocenters. The zero-order chi connectivity index (χ0) is 28.4. The molecule has 5 aromatic rings. The van der Waals surface area contributed by atoms with Gasteiger partial charge in [-0.05, 0) is 43.3 Å². The van der Waals surface area contributed by atoms with Crippen molar-refractivity contribution in [2.45, 2.75) is 18.5 Å². The molecule has 1 amide bonds. The predicted octanol–water partition coefficient (Wildman–Crippen LogP) is 5.61. The van der Waals surface area contributed by atoms with E-state index in [1.165, 1.54) is 35.0 Å². The number of hydrogen-bond donors (Lipinski definition) is 3. The van der Waals surface area contributed by atoms with Crippen LogP contribution in [-0.2, 0) is 16.4 Å². The third kappa shape index (κ3) is 3.58. The summed E-state index contributed by atoms with van der Waals surface area (Å²) >= 11 is 6.18. The van der Waals surface area contributed by atoms with Gasteiger partial charge in [-0.25, -0.2) is 9.36 Å². The van der Waals surface area contributed by atoms with Crippen LogP contribution in [0.15, 0.2) is 78.9 Å². The van der Waals surface area contributed by atoms with Crippen molar-refractivity contribution in [3.05, 3.63) is 112 Å². The lowest BCUT2D eigenvalue weighted by Gasteiger charge is -2.29. The average molecular weight is 565 g/mol. The second-order valence-electron chi connectivity index (χ2n) is 9.28. The highest BCUT2D eigenvalue weighted by Crippen LogP contribution is 2.56. The van der Waals surface area contributed by atoms with Gasteiger partial charge in [0.2, 0.25) is 11.8 Å². The molecule has 0 saturated carbocycles. The van der Waals surface area contributed by atoms with E-state index >= 15 is 0 Å². The van der Waals surface area contributed by atoms with E-state index in [4.69, 9.17) is 17.3 Å². The number of halogens is 4. The first-order valence-corrected chi connectivity index (χ1v) is 12.4. The number of hydrogen-bond acceptors (Lipinski definition) is 5. The molecule has 3 aromatic carbocycles. The van der Waals surface area contributed by atoms with Crippen LogP contribution >= 0.6 is 11.6 Å². The molecule has 0 radical (unpaired) electrons. The first kappa shape index (κ1) is 25.5. The van der Waals surface area contributed by atoms with Crippen molar-refractivity contribution in [2.75, 3.05) is 11.1 Å². The van der Waals surface area contributed by atoms with Gasteiger partial charge in [0, 0.05) is 21.8 Å². The van der Waals surface area contributed by atoms with Crippen molar-refractivity contribution < 1.29 is 23.1 Å². The third-order valence-corrected chi connectivity index (χ3v) is 7.19. The molecule has 4 N–H and O–H groups in total. The van der Waals surface area contributed by atoms with Crippen LogP contribution in [0.25, 0.3) is 11.4 Å². The van der Waals surface area contributed by atoms with Crippen LogP contribution in [-0.4, -0.2) is 30.6 Å². The van der Waals surface area contributed by atoms with Crippen molar-refractivity contribution in [2.24, 2.45) is 0 Å². The second kappa shape index (κ2) is 8.88. The Hall–Kier alpha value is -4.77. The Morgan fingerprint density at radius 3 is 2.12 bits per heavy atom. The molecule has 1 aliphatic heterocycles. The van der Waals surface area contributed by atoms with Gasteiger partial charge in [-0.1, -0.05) is 54.1 Å². The zero-order valence-corrected chi connectivity index (χ0v) is 21.5. The summed E-state index contributed by atoms with van der Waals surface area (Å²) in [6.07, 6.45) is -5.06. The summed E-state index contributed by atoms with van der Waals surface area (Å²) in [4.78, 5) is 14.1. The Labute approximate surface area is 230 Å². The molecule has 8 nitrogen and oxygen atoms in total. The summed E-state index contributed by atoms with van der Waals surface area (Å²) in [5.74, 6) is -1.83. The van der Waals surface area contributed by atoms with Gasteiger partial charge in [-0.15, -0.1) is 0 Å². The smallest absolute Gasteiger partial charge is 0.435 e. The number of aromatic hydroxyl groups is 1. The van der Waals surface area contributed by atoms with Crippen molar-refractivity contribution in [1.29, 1.82) is 0 Å². The maximum Gasteiger partial charge on any atom is 0.435 e. The van der Waals surface area contributed by atoms with Gasteiger partial charge in [-0.3, -0.25) is 4.79 Å². The Kier molecular flexibility index (Phi) is 5.66. The molecular formula is C28H20ClF3N6O2. The minimum atomic E-state index is -5.06. The normalized spacial score (nSPS) is 16.7. The highest BCUT2D eigenvalue weighted by molar-refractivity contribution is 6.31. The van der Waals surface area contributed by atoms with Gasteiger partial charge in [0.15, 0.2) is 5.69 Å². The summed E-state index contributed by atoms with van der Waals surface area (Å²) in [5, 5.41) is 22.7. The topological polar surface area (TPSA) is 111 Å². The second-order valence-corrected chi connectivity index (χ2v) is 9.72. The lowest BCUT2D eigenvalue weighted by atomic mass is 9.69. The molecule has 12 heteroatoms. The number of aromatic nitrogens is 4. The highest BCUT2D eigenvalue weighted by Gasteiger charge is 2.59. The molecule has 1 atom stereocenters. The Morgan fingerprint density at radius 2 is 1.52 bits per heavy atom. The van der Waals surface area contributed by atoms with Crippen molar-refractivity contribution in [1.82, 2.24) is 19.6 Å². The number of rotatable bonds is 4. The van der Waals surface area contributed by atoms with E-state index in [9.17, 15) is 23.1 Å². The van der Waals surface area contributed by atoms with Gasteiger partial charge in [0.25, 0.3) is 0 Å². The lowest BCUT2D eigenvalue weighted by molar-refractivity contribution is -0.142. The number of carbonyl (C=O) groups excluding carboxylic acids is 1. The van der Waals surface area contributed by atoms with Crippen molar-refractivity contribution >= 4 is 29.0 Å². The van der Waals surface area contributed by atoms with Crippen LogP contribution in [0, 0.1) is 6.92 Å². The molecule has 2 aromatic heterocycles. The maximum atomic E-state index is 14.7. The minimum absolute atomic E-state index is 0.0247. The monoisotopic (exact) mass is 564 g/mol. The summed E-state index contributed by atoms with van der Waals surface area (Å²) in [6.45, 7) is 1.54.